The molecule has 0 aliphatic heterocycles. The summed E-state index contributed by atoms with van der Waals surface area (Å²) in [7, 11) is 0. The largest absolute Gasteiger partial charge is 0.411 e. The van der Waals surface area contributed by atoms with E-state index in [0.29, 0.717) is 15.8 Å². The molecular weight excluding hydrogens is 389 g/mol. The lowest BCUT2D eigenvalue weighted by atomic mass is 9.80. The van der Waals surface area contributed by atoms with E-state index >= 15 is 0 Å². The van der Waals surface area contributed by atoms with Gasteiger partial charge in [0.1, 0.15) is 0 Å². The molecule has 0 aliphatic rings. The van der Waals surface area contributed by atoms with Crippen LogP contribution >= 0.6 is 23.2 Å². The fraction of sp³-hybridized carbons (Fsp3) is 0.125. The molecule has 0 aliphatic carbocycles. The highest BCUT2D eigenvalue weighted by Crippen LogP contribution is 2.33. The van der Waals surface area contributed by atoms with Gasteiger partial charge in [-0.3, -0.25) is 0 Å². The van der Waals surface area contributed by atoms with E-state index in [4.69, 9.17) is 23.2 Å². The summed E-state index contributed by atoms with van der Waals surface area (Å²) in [6, 6.07) is 25.1. The number of halogens is 2. The van der Waals surface area contributed by atoms with Gasteiger partial charge in [-0.25, -0.2) is 0 Å². The molecule has 3 aromatic carbocycles. The molecule has 0 fully saturated rings. The molecule has 2 nitrogen and oxygen atoms in total. The average Bonchev–Trinajstić information content (AvgIpc) is 2.69. The highest BCUT2D eigenvalue weighted by molar-refractivity contribution is 6.31. The molecule has 3 aromatic rings. The molecule has 4 heteroatoms. The summed E-state index contributed by atoms with van der Waals surface area (Å²) in [5.41, 5.74) is 3.97. The number of benzene rings is 3. The number of rotatable bonds is 5. The second kappa shape index (κ2) is 8.64. The van der Waals surface area contributed by atoms with Crippen LogP contribution in [-0.2, 0) is 0 Å². The Morgan fingerprint density at radius 1 is 0.750 bits per heavy atom. The van der Waals surface area contributed by atoms with E-state index in [1.807, 2.05) is 92.7 Å². The molecule has 0 amide bonds. The maximum Gasteiger partial charge on any atom is 0.0961 e. The topological polar surface area (TPSA) is 32.6 Å². The summed E-state index contributed by atoms with van der Waals surface area (Å²) in [5, 5.41) is 14.8. The summed E-state index contributed by atoms with van der Waals surface area (Å²) < 4.78 is 0. The molecule has 142 valence electrons. The second-order valence-electron chi connectivity index (χ2n) is 7.11. The molecule has 0 saturated heterocycles. The zero-order chi connectivity index (χ0) is 20.1. The minimum atomic E-state index is -0.537. The summed E-state index contributed by atoms with van der Waals surface area (Å²) in [6.45, 7) is 4.06. The SMILES string of the molecule is CC(C)(C=C(c1ccc(Cl)cc1)c1ccc(Cl)cc1)/C(=N/O)c1ccccc1. The van der Waals surface area contributed by atoms with Crippen molar-refractivity contribution in [2.45, 2.75) is 13.8 Å². The quantitative estimate of drug-likeness (QED) is 0.267. The minimum absolute atomic E-state index is 0.537. The molecule has 0 saturated carbocycles. The predicted octanol–water partition coefficient (Wildman–Crippen LogP) is 7.33. The fourth-order valence-electron chi connectivity index (χ4n) is 3.18. The Labute approximate surface area is 175 Å². The van der Waals surface area contributed by atoms with E-state index in [-0.39, 0.29) is 0 Å². The summed E-state index contributed by atoms with van der Waals surface area (Å²) in [6.07, 6.45) is 2.11. The van der Waals surface area contributed by atoms with Crippen molar-refractivity contribution in [3.05, 3.63) is 112 Å². The Hall–Kier alpha value is -2.55. The Balaban J connectivity index is 2.14. The molecule has 0 spiro atoms. The summed E-state index contributed by atoms with van der Waals surface area (Å²) >= 11 is 12.2. The minimum Gasteiger partial charge on any atom is -0.411 e. The first kappa shape index (κ1) is 20.2. The first-order valence-electron chi connectivity index (χ1n) is 8.93. The van der Waals surface area contributed by atoms with Gasteiger partial charge in [0.25, 0.3) is 0 Å². The smallest absolute Gasteiger partial charge is 0.0961 e. The van der Waals surface area contributed by atoms with E-state index in [9.17, 15) is 5.21 Å². The van der Waals surface area contributed by atoms with Crippen LogP contribution in [0.15, 0.2) is 90.1 Å². The molecule has 0 radical (unpaired) electrons. The lowest BCUT2D eigenvalue weighted by Crippen LogP contribution is -2.23. The van der Waals surface area contributed by atoms with Crippen molar-refractivity contribution in [3.63, 3.8) is 0 Å². The van der Waals surface area contributed by atoms with Crippen molar-refractivity contribution < 1.29 is 5.21 Å². The molecule has 1 N–H and O–H groups in total. The first-order chi connectivity index (χ1) is 13.4. The van der Waals surface area contributed by atoms with Crippen molar-refractivity contribution >= 4 is 34.5 Å². The van der Waals surface area contributed by atoms with Gasteiger partial charge in [-0.1, -0.05) is 103 Å². The second-order valence-corrected chi connectivity index (χ2v) is 7.98. The average molecular weight is 410 g/mol. The number of nitrogens with zero attached hydrogens (tertiary/aromatic N) is 1. The maximum atomic E-state index is 9.77. The van der Waals surface area contributed by atoms with Crippen LogP contribution in [-0.4, -0.2) is 10.9 Å². The number of hydrogen-bond donors (Lipinski definition) is 1. The molecule has 0 unspecified atom stereocenters. The van der Waals surface area contributed by atoms with Gasteiger partial charge in [0.2, 0.25) is 0 Å². The number of hydrogen-bond acceptors (Lipinski definition) is 2. The van der Waals surface area contributed by atoms with Crippen molar-refractivity contribution in [3.8, 4) is 0 Å². The lowest BCUT2D eigenvalue weighted by Gasteiger charge is -2.24. The van der Waals surface area contributed by atoms with Gasteiger partial charge in [-0.2, -0.15) is 0 Å². The third kappa shape index (κ3) is 4.64. The van der Waals surface area contributed by atoms with Gasteiger partial charge in [0.05, 0.1) is 5.71 Å². The third-order valence-corrected chi connectivity index (χ3v) is 5.08. The van der Waals surface area contributed by atoms with Gasteiger partial charge < -0.3 is 5.21 Å². The van der Waals surface area contributed by atoms with Crippen molar-refractivity contribution in [1.29, 1.82) is 0 Å². The highest BCUT2D eigenvalue weighted by Gasteiger charge is 2.26. The van der Waals surface area contributed by atoms with Crippen LogP contribution in [0, 0.1) is 5.41 Å². The molecule has 0 atom stereocenters. The van der Waals surface area contributed by atoms with Gasteiger partial charge in [-0.05, 0) is 41.0 Å². The molecular formula is C24H21Cl2NO. The first-order valence-corrected chi connectivity index (χ1v) is 9.69. The number of oxime groups is 1. The standard InChI is InChI=1S/C24H21Cl2NO/c1-24(2,23(27-28)19-6-4-3-5-7-19)16-22(17-8-12-20(25)13-9-17)18-10-14-21(26)15-11-18/h3-16,28H,1-2H3/b27-23+. The van der Waals surface area contributed by atoms with Crippen LogP contribution in [0.25, 0.3) is 5.57 Å². The molecule has 3 rings (SSSR count). The highest BCUT2D eigenvalue weighted by atomic mass is 35.5. The van der Waals surface area contributed by atoms with Crippen LogP contribution in [0.3, 0.4) is 0 Å². The van der Waals surface area contributed by atoms with Crippen LogP contribution in [0.2, 0.25) is 10.0 Å². The zero-order valence-electron chi connectivity index (χ0n) is 15.7. The zero-order valence-corrected chi connectivity index (χ0v) is 17.2. The fourth-order valence-corrected chi connectivity index (χ4v) is 3.43. The monoisotopic (exact) mass is 409 g/mol. The van der Waals surface area contributed by atoms with Crippen LogP contribution in [0.5, 0.6) is 0 Å². The van der Waals surface area contributed by atoms with Gasteiger partial charge in [0, 0.05) is 21.0 Å². The van der Waals surface area contributed by atoms with E-state index in [1.165, 1.54) is 0 Å². The molecule has 0 heterocycles. The lowest BCUT2D eigenvalue weighted by molar-refractivity contribution is 0.313. The van der Waals surface area contributed by atoms with Crippen molar-refractivity contribution in [1.82, 2.24) is 0 Å². The number of allylic oxidation sites excluding steroid dienone is 1. The Morgan fingerprint density at radius 2 is 1.21 bits per heavy atom. The van der Waals surface area contributed by atoms with Crippen molar-refractivity contribution in [2.75, 3.05) is 0 Å². The van der Waals surface area contributed by atoms with Crippen LogP contribution in [0.4, 0.5) is 0 Å². The van der Waals surface area contributed by atoms with Gasteiger partial charge >= 0.3 is 0 Å². The van der Waals surface area contributed by atoms with Crippen molar-refractivity contribution in [2.24, 2.45) is 10.6 Å². The normalized spacial score (nSPS) is 11.9. The van der Waals surface area contributed by atoms with E-state index in [1.54, 1.807) is 0 Å². The van der Waals surface area contributed by atoms with E-state index < -0.39 is 5.41 Å². The Bertz CT molecular complexity index is 942. The van der Waals surface area contributed by atoms with Crippen LogP contribution < -0.4 is 0 Å². The molecule has 28 heavy (non-hydrogen) atoms. The van der Waals surface area contributed by atoms with Crippen LogP contribution in [0.1, 0.15) is 30.5 Å². The molecule has 0 bridgehead atoms. The van der Waals surface area contributed by atoms with E-state index in [2.05, 4.69) is 11.2 Å². The Kier molecular flexibility index (Phi) is 6.23. The summed E-state index contributed by atoms with van der Waals surface area (Å²) in [4.78, 5) is 0. The third-order valence-electron chi connectivity index (χ3n) is 4.57. The van der Waals surface area contributed by atoms with Gasteiger partial charge in [-0.15, -0.1) is 0 Å². The summed E-state index contributed by atoms with van der Waals surface area (Å²) in [5.74, 6) is 0. The van der Waals surface area contributed by atoms with Gasteiger partial charge in [0.15, 0.2) is 0 Å². The maximum absolute atomic E-state index is 9.77. The molecule has 0 aromatic heterocycles. The predicted molar refractivity (Wildman–Crippen MR) is 119 cm³/mol. The Morgan fingerprint density at radius 3 is 1.64 bits per heavy atom. The van der Waals surface area contributed by atoms with E-state index in [0.717, 1.165) is 22.3 Å².